The molecule has 7 heteroatoms. The number of hydrogen-bond donors (Lipinski definition) is 1. The number of nitrogens with zero attached hydrogens (tertiary/aromatic N) is 1. The molecule has 3 rings (SSSR count). The maximum absolute atomic E-state index is 12.4. The molecule has 1 N–H and O–H groups in total. The van der Waals surface area contributed by atoms with E-state index >= 15 is 0 Å². The molecule has 3 heterocycles. The van der Waals surface area contributed by atoms with Crippen molar-refractivity contribution in [2.24, 2.45) is 0 Å². The number of carbonyl (C=O) groups excluding carboxylic acids is 2. The molecule has 0 aromatic carbocycles. The first-order valence-electron chi connectivity index (χ1n) is 7.88. The van der Waals surface area contributed by atoms with Crippen LogP contribution in [0.5, 0.6) is 0 Å². The third-order valence-electron chi connectivity index (χ3n) is 3.85. The third kappa shape index (κ3) is 3.68. The van der Waals surface area contributed by atoms with Crippen LogP contribution in [0.3, 0.4) is 0 Å². The Morgan fingerprint density at radius 1 is 1.21 bits per heavy atom. The van der Waals surface area contributed by atoms with Crippen molar-refractivity contribution >= 4 is 23.2 Å². The molecular weight excluding hydrogens is 328 g/mol. The lowest BCUT2D eigenvalue weighted by Gasteiger charge is -2.29. The molecule has 128 valence electrons. The van der Waals surface area contributed by atoms with Gasteiger partial charge in [-0.25, -0.2) is 0 Å². The number of carbonyl (C=O) groups is 2. The van der Waals surface area contributed by atoms with Gasteiger partial charge in [0.2, 0.25) is 5.91 Å². The highest BCUT2D eigenvalue weighted by atomic mass is 32.1. The summed E-state index contributed by atoms with van der Waals surface area (Å²) in [4.78, 5) is 27.9. The van der Waals surface area contributed by atoms with Crippen molar-refractivity contribution in [1.29, 1.82) is 0 Å². The van der Waals surface area contributed by atoms with Crippen LogP contribution in [-0.4, -0.2) is 49.1 Å². The monoisotopic (exact) mass is 348 g/mol. The van der Waals surface area contributed by atoms with Crippen molar-refractivity contribution in [2.45, 2.75) is 19.9 Å². The number of morpholine rings is 1. The molecule has 0 bridgehead atoms. The molecule has 1 saturated heterocycles. The van der Waals surface area contributed by atoms with Crippen LogP contribution in [0, 0.1) is 6.92 Å². The minimum atomic E-state index is -0.563. The SMILES string of the molecule is Cc1ccc(-c2ccc(C(=O)N[C@H](C)C(=O)N3CCOCC3)s2)o1. The van der Waals surface area contributed by atoms with Gasteiger partial charge in [0.15, 0.2) is 0 Å². The Kier molecular flexibility index (Phi) is 5.01. The van der Waals surface area contributed by atoms with Crippen LogP contribution in [0.4, 0.5) is 0 Å². The van der Waals surface area contributed by atoms with Gasteiger partial charge in [-0.1, -0.05) is 0 Å². The molecule has 1 aliphatic heterocycles. The zero-order valence-corrected chi connectivity index (χ0v) is 14.5. The Labute approximate surface area is 144 Å². The van der Waals surface area contributed by atoms with Gasteiger partial charge in [0.1, 0.15) is 17.6 Å². The Morgan fingerprint density at radius 3 is 2.62 bits per heavy atom. The summed E-state index contributed by atoms with van der Waals surface area (Å²) >= 11 is 1.35. The molecule has 0 aliphatic carbocycles. The minimum Gasteiger partial charge on any atom is -0.461 e. The van der Waals surface area contributed by atoms with Gasteiger partial charge in [-0.15, -0.1) is 11.3 Å². The summed E-state index contributed by atoms with van der Waals surface area (Å²) in [5.74, 6) is 1.25. The molecule has 2 amide bonds. The quantitative estimate of drug-likeness (QED) is 0.920. The molecule has 1 atom stereocenters. The highest BCUT2D eigenvalue weighted by molar-refractivity contribution is 7.17. The van der Waals surface area contributed by atoms with E-state index in [9.17, 15) is 9.59 Å². The Balaban J connectivity index is 1.62. The first kappa shape index (κ1) is 16.7. The first-order valence-corrected chi connectivity index (χ1v) is 8.70. The minimum absolute atomic E-state index is 0.0786. The Bertz CT molecular complexity index is 731. The molecule has 0 spiro atoms. The summed E-state index contributed by atoms with van der Waals surface area (Å²) in [6.07, 6.45) is 0. The predicted molar refractivity (Wildman–Crippen MR) is 91.1 cm³/mol. The summed E-state index contributed by atoms with van der Waals surface area (Å²) in [5, 5.41) is 2.77. The van der Waals surface area contributed by atoms with Gasteiger partial charge < -0.3 is 19.4 Å². The van der Waals surface area contributed by atoms with Crippen LogP contribution in [0.2, 0.25) is 0 Å². The molecule has 0 radical (unpaired) electrons. The molecule has 0 saturated carbocycles. The highest BCUT2D eigenvalue weighted by Gasteiger charge is 2.24. The van der Waals surface area contributed by atoms with E-state index in [4.69, 9.17) is 9.15 Å². The number of thiophene rings is 1. The lowest BCUT2D eigenvalue weighted by atomic mass is 10.2. The van der Waals surface area contributed by atoms with E-state index in [1.165, 1.54) is 11.3 Å². The van der Waals surface area contributed by atoms with E-state index in [1.54, 1.807) is 17.9 Å². The second-order valence-corrected chi connectivity index (χ2v) is 6.79. The standard InChI is InChI=1S/C17H20N2O4S/c1-11-3-4-13(23-11)14-5-6-15(24-14)16(20)18-12(2)17(21)19-7-9-22-10-8-19/h3-6,12H,7-10H2,1-2H3,(H,18,20)/t12-/m1/s1. The van der Waals surface area contributed by atoms with Crippen LogP contribution in [-0.2, 0) is 9.53 Å². The fraction of sp³-hybridized carbons (Fsp3) is 0.412. The normalized spacial score (nSPS) is 16.0. The van der Waals surface area contributed by atoms with Gasteiger partial charge in [-0.2, -0.15) is 0 Å². The number of nitrogens with one attached hydrogen (secondary N) is 1. The van der Waals surface area contributed by atoms with Gasteiger partial charge in [0.25, 0.3) is 5.91 Å². The average molecular weight is 348 g/mol. The Morgan fingerprint density at radius 2 is 1.96 bits per heavy atom. The summed E-state index contributed by atoms with van der Waals surface area (Å²) in [6, 6.07) is 6.81. The van der Waals surface area contributed by atoms with E-state index in [0.717, 1.165) is 16.4 Å². The highest BCUT2D eigenvalue weighted by Crippen LogP contribution is 2.29. The number of ether oxygens (including phenoxy) is 1. The molecule has 6 nitrogen and oxygen atoms in total. The molecular formula is C17H20N2O4S. The fourth-order valence-corrected chi connectivity index (χ4v) is 3.42. The maximum Gasteiger partial charge on any atom is 0.262 e. The number of aryl methyl sites for hydroxylation is 1. The first-order chi connectivity index (χ1) is 11.5. The number of furan rings is 1. The third-order valence-corrected chi connectivity index (χ3v) is 4.95. The molecule has 1 fully saturated rings. The molecule has 2 aromatic rings. The molecule has 2 aromatic heterocycles. The van der Waals surface area contributed by atoms with Crippen molar-refractivity contribution in [3.05, 3.63) is 34.9 Å². The summed E-state index contributed by atoms with van der Waals surface area (Å²) in [6.45, 7) is 5.82. The Hall–Kier alpha value is -2.12. The second-order valence-electron chi connectivity index (χ2n) is 5.71. The summed E-state index contributed by atoms with van der Waals surface area (Å²) < 4.78 is 10.8. The average Bonchev–Trinajstić information content (AvgIpc) is 3.23. The van der Waals surface area contributed by atoms with E-state index in [1.807, 2.05) is 25.1 Å². The van der Waals surface area contributed by atoms with Crippen molar-refractivity contribution in [2.75, 3.05) is 26.3 Å². The van der Waals surface area contributed by atoms with Gasteiger partial charge >= 0.3 is 0 Å². The number of hydrogen-bond acceptors (Lipinski definition) is 5. The maximum atomic E-state index is 12.4. The number of amides is 2. The second kappa shape index (κ2) is 7.19. The summed E-state index contributed by atoms with van der Waals surface area (Å²) in [5.41, 5.74) is 0. The summed E-state index contributed by atoms with van der Waals surface area (Å²) in [7, 11) is 0. The van der Waals surface area contributed by atoms with Crippen LogP contribution in [0.1, 0.15) is 22.4 Å². The lowest BCUT2D eigenvalue weighted by Crippen LogP contribution is -2.50. The topological polar surface area (TPSA) is 71.8 Å². The van der Waals surface area contributed by atoms with Gasteiger partial charge in [0.05, 0.1) is 23.0 Å². The molecule has 0 unspecified atom stereocenters. The zero-order chi connectivity index (χ0) is 17.1. The number of rotatable bonds is 4. The van der Waals surface area contributed by atoms with E-state index in [2.05, 4.69) is 5.32 Å². The van der Waals surface area contributed by atoms with E-state index in [0.29, 0.717) is 31.2 Å². The largest absolute Gasteiger partial charge is 0.461 e. The predicted octanol–water partition coefficient (Wildman–Crippen LogP) is 2.29. The van der Waals surface area contributed by atoms with Gasteiger partial charge in [-0.05, 0) is 38.1 Å². The van der Waals surface area contributed by atoms with Gasteiger partial charge in [0, 0.05) is 13.1 Å². The van der Waals surface area contributed by atoms with Crippen LogP contribution < -0.4 is 5.32 Å². The van der Waals surface area contributed by atoms with Crippen LogP contribution in [0.25, 0.3) is 10.6 Å². The molecule has 24 heavy (non-hydrogen) atoms. The van der Waals surface area contributed by atoms with Crippen LogP contribution >= 0.6 is 11.3 Å². The van der Waals surface area contributed by atoms with Crippen molar-refractivity contribution in [1.82, 2.24) is 10.2 Å². The van der Waals surface area contributed by atoms with Crippen molar-refractivity contribution < 1.29 is 18.7 Å². The molecule has 1 aliphatic rings. The lowest BCUT2D eigenvalue weighted by molar-refractivity contribution is -0.136. The van der Waals surface area contributed by atoms with E-state index in [-0.39, 0.29) is 11.8 Å². The van der Waals surface area contributed by atoms with Crippen molar-refractivity contribution in [3.8, 4) is 10.6 Å². The smallest absolute Gasteiger partial charge is 0.262 e. The van der Waals surface area contributed by atoms with Crippen molar-refractivity contribution in [3.63, 3.8) is 0 Å². The van der Waals surface area contributed by atoms with E-state index < -0.39 is 6.04 Å². The van der Waals surface area contributed by atoms with Gasteiger partial charge in [-0.3, -0.25) is 9.59 Å². The zero-order valence-electron chi connectivity index (χ0n) is 13.7. The fourth-order valence-electron chi connectivity index (χ4n) is 2.55. The van der Waals surface area contributed by atoms with Crippen LogP contribution in [0.15, 0.2) is 28.7 Å².